The number of aryl methyl sites for hydroxylation is 1. The molecule has 116 valence electrons. The Labute approximate surface area is 127 Å². The second-order valence-electron chi connectivity index (χ2n) is 5.92. The molecule has 1 aromatic carbocycles. The van der Waals surface area contributed by atoms with Crippen LogP contribution in [0, 0.1) is 6.92 Å². The molecule has 3 N–H and O–H groups in total. The van der Waals surface area contributed by atoms with Crippen LogP contribution in [0.3, 0.4) is 0 Å². The van der Waals surface area contributed by atoms with Crippen molar-refractivity contribution < 1.29 is 4.74 Å². The Bertz CT molecular complexity index is 476. The van der Waals surface area contributed by atoms with Crippen LogP contribution in [0.5, 0.6) is 0 Å². The van der Waals surface area contributed by atoms with E-state index in [0.717, 1.165) is 31.7 Å². The fourth-order valence-corrected chi connectivity index (χ4v) is 2.55. The first-order valence-electron chi connectivity index (χ1n) is 7.41. The van der Waals surface area contributed by atoms with Crippen molar-refractivity contribution >= 4 is 11.6 Å². The van der Waals surface area contributed by atoms with E-state index >= 15 is 0 Å². The summed E-state index contributed by atoms with van der Waals surface area (Å²) in [4.78, 5) is 6.79. The van der Waals surface area contributed by atoms with Gasteiger partial charge in [-0.05, 0) is 46.0 Å². The summed E-state index contributed by atoms with van der Waals surface area (Å²) < 4.78 is 5.47. The minimum Gasteiger partial charge on any atom is -0.381 e. The lowest BCUT2D eigenvalue weighted by molar-refractivity contribution is -0.00249. The van der Waals surface area contributed by atoms with Crippen molar-refractivity contribution in [3.05, 3.63) is 29.8 Å². The molecule has 1 aliphatic heterocycles. The Kier molecular flexibility index (Phi) is 5.20. The van der Waals surface area contributed by atoms with E-state index in [-0.39, 0.29) is 5.54 Å². The van der Waals surface area contributed by atoms with Crippen molar-refractivity contribution in [1.29, 1.82) is 0 Å². The first-order valence-corrected chi connectivity index (χ1v) is 7.41. The van der Waals surface area contributed by atoms with Crippen LogP contribution in [0.2, 0.25) is 0 Å². The second-order valence-corrected chi connectivity index (χ2v) is 5.92. The maximum atomic E-state index is 6.01. The lowest BCUT2D eigenvalue weighted by Crippen LogP contribution is -2.51. The third-order valence-electron chi connectivity index (χ3n) is 4.24. The molecule has 1 fully saturated rings. The minimum atomic E-state index is 0.0534. The zero-order valence-corrected chi connectivity index (χ0v) is 13.2. The molecule has 1 aromatic rings. The Morgan fingerprint density at radius 3 is 2.48 bits per heavy atom. The van der Waals surface area contributed by atoms with Gasteiger partial charge in [0.15, 0.2) is 5.96 Å². The fourth-order valence-electron chi connectivity index (χ4n) is 2.55. The van der Waals surface area contributed by atoms with Gasteiger partial charge in [0, 0.05) is 24.4 Å². The van der Waals surface area contributed by atoms with E-state index in [1.165, 1.54) is 5.56 Å². The number of hydrogen-bond acceptors (Lipinski definition) is 3. The minimum absolute atomic E-state index is 0.0534. The van der Waals surface area contributed by atoms with Gasteiger partial charge >= 0.3 is 0 Å². The molecule has 2 rings (SSSR count). The third kappa shape index (κ3) is 4.19. The molecule has 0 aromatic heterocycles. The molecular weight excluding hydrogens is 264 g/mol. The lowest BCUT2D eigenvalue weighted by Gasteiger charge is -2.41. The predicted molar refractivity (Wildman–Crippen MR) is 87.8 cm³/mol. The molecule has 5 heteroatoms. The van der Waals surface area contributed by atoms with Gasteiger partial charge in [0.1, 0.15) is 0 Å². The number of nitrogens with two attached hydrogens (primary N) is 1. The van der Waals surface area contributed by atoms with Crippen molar-refractivity contribution in [2.75, 3.05) is 39.2 Å². The molecule has 1 heterocycles. The highest BCUT2D eigenvalue weighted by Crippen LogP contribution is 2.26. The molecule has 0 saturated carbocycles. The van der Waals surface area contributed by atoms with Gasteiger partial charge in [0.05, 0.1) is 6.54 Å². The molecule has 0 aliphatic carbocycles. The van der Waals surface area contributed by atoms with Gasteiger partial charge in [-0.2, -0.15) is 0 Å². The number of benzene rings is 1. The van der Waals surface area contributed by atoms with Gasteiger partial charge in [-0.1, -0.05) is 17.7 Å². The number of ether oxygens (including phenoxy) is 1. The van der Waals surface area contributed by atoms with Crippen LogP contribution in [0.25, 0.3) is 0 Å². The molecule has 0 atom stereocenters. The van der Waals surface area contributed by atoms with Crippen molar-refractivity contribution in [2.45, 2.75) is 25.3 Å². The molecule has 0 unspecified atom stereocenters. The van der Waals surface area contributed by atoms with Gasteiger partial charge in [-0.25, -0.2) is 0 Å². The third-order valence-corrected chi connectivity index (χ3v) is 4.24. The summed E-state index contributed by atoms with van der Waals surface area (Å²) in [6.45, 7) is 4.33. The van der Waals surface area contributed by atoms with E-state index in [1.807, 2.05) is 12.1 Å². The Hall–Kier alpha value is -1.59. The molecule has 1 saturated heterocycles. The van der Waals surface area contributed by atoms with Crippen LogP contribution < -0.4 is 11.1 Å². The molecule has 0 bridgehead atoms. The smallest absolute Gasteiger partial charge is 0.193 e. The maximum Gasteiger partial charge on any atom is 0.193 e. The molecule has 5 nitrogen and oxygen atoms in total. The average molecular weight is 290 g/mol. The fraction of sp³-hybridized carbons (Fsp3) is 0.562. The first-order chi connectivity index (χ1) is 10.0. The number of anilines is 1. The molecule has 0 spiro atoms. The summed E-state index contributed by atoms with van der Waals surface area (Å²) >= 11 is 0. The van der Waals surface area contributed by atoms with Crippen LogP contribution in [-0.2, 0) is 4.74 Å². The van der Waals surface area contributed by atoms with E-state index in [9.17, 15) is 0 Å². The summed E-state index contributed by atoms with van der Waals surface area (Å²) in [5, 5.41) is 3.14. The van der Waals surface area contributed by atoms with E-state index in [0.29, 0.717) is 12.5 Å². The summed E-state index contributed by atoms with van der Waals surface area (Å²) in [5.41, 5.74) is 8.25. The van der Waals surface area contributed by atoms with Crippen molar-refractivity contribution in [2.24, 2.45) is 10.7 Å². The van der Waals surface area contributed by atoms with E-state index in [2.05, 4.69) is 48.4 Å². The van der Waals surface area contributed by atoms with Crippen LogP contribution in [0.4, 0.5) is 5.69 Å². The number of likely N-dealkylation sites (N-methyl/N-ethyl adjacent to an activating group) is 1. The predicted octanol–water partition coefficient (Wildman–Crippen LogP) is 1.83. The molecule has 0 radical (unpaired) electrons. The number of aliphatic imine (C=N–C) groups is 1. The second kappa shape index (κ2) is 6.91. The highest BCUT2D eigenvalue weighted by molar-refractivity contribution is 5.92. The van der Waals surface area contributed by atoms with Gasteiger partial charge in [0.25, 0.3) is 0 Å². The van der Waals surface area contributed by atoms with E-state index in [1.54, 1.807) is 0 Å². The zero-order chi connectivity index (χ0) is 15.3. The van der Waals surface area contributed by atoms with Crippen molar-refractivity contribution in [1.82, 2.24) is 4.90 Å². The summed E-state index contributed by atoms with van der Waals surface area (Å²) in [6.07, 6.45) is 1.97. The summed E-state index contributed by atoms with van der Waals surface area (Å²) in [5.74, 6) is 0.464. The summed E-state index contributed by atoms with van der Waals surface area (Å²) in [7, 11) is 4.20. The van der Waals surface area contributed by atoms with Crippen molar-refractivity contribution in [3.63, 3.8) is 0 Å². The maximum absolute atomic E-state index is 6.01. The average Bonchev–Trinajstić information content (AvgIpc) is 2.48. The van der Waals surface area contributed by atoms with Crippen molar-refractivity contribution in [3.8, 4) is 0 Å². The number of guanidine groups is 1. The number of rotatable bonds is 4. The van der Waals surface area contributed by atoms with Gasteiger partial charge in [-0.15, -0.1) is 0 Å². The number of nitrogens with zero attached hydrogens (tertiary/aromatic N) is 2. The number of nitrogens with one attached hydrogen (secondary N) is 1. The highest BCUT2D eigenvalue weighted by Gasteiger charge is 2.34. The number of hydrogen-bond donors (Lipinski definition) is 2. The molecule has 0 amide bonds. The first kappa shape index (κ1) is 15.8. The molecule has 21 heavy (non-hydrogen) atoms. The normalized spacial score (nSPS) is 18.8. The monoisotopic (exact) mass is 290 g/mol. The Balaban J connectivity index is 1.99. The topological polar surface area (TPSA) is 62.9 Å². The van der Waals surface area contributed by atoms with Crippen LogP contribution >= 0.6 is 0 Å². The molecular formula is C16H26N4O. The zero-order valence-electron chi connectivity index (χ0n) is 13.2. The summed E-state index contributed by atoms with van der Waals surface area (Å²) in [6, 6.07) is 8.12. The highest BCUT2D eigenvalue weighted by atomic mass is 16.5. The van der Waals surface area contributed by atoms with Gasteiger partial charge in [0.2, 0.25) is 0 Å². The van der Waals surface area contributed by atoms with Gasteiger partial charge in [-0.3, -0.25) is 4.99 Å². The Morgan fingerprint density at radius 2 is 1.90 bits per heavy atom. The quantitative estimate of drug-likeness (QED) is 0.656. The van der Waals surface area contributed by atoms with Crippen LogP contribution in [-0.4, -0.2) is 50.3 Å². The van der Waals surface area contributed by atoms with Gasteiger partial charge < -0.3 is 20.7 Å². The largest absolute Gasteiger partial charge is 0.381 e. The molecule has 1 aliphatic rings. The SMILES string of the molecule is Cc1ccc(NC(N)=NCC2(N(C)C)CCOCC2)cc1. The standard InChI is InChI=1S/C16H26N4O/c1-13-4-6-14(7-5-13)19-15(17)18-12-16(20(2)3)8-10-21-11-9-16/h4-7H,8-12H2,1-3H3,(H3,17,18,19). The van der Waals surface area contributed by atoms with E-state index < -0.39 is 0 Å². The van der Waals surface area contributed by atoms with E-state index in [4.69, 9.17) is 10.5 Å². The van der Waals surface area contributed by atoms with Crippen LogP contribution in [0.1, 0.15) is 18.4 Å². The van der Waals surface area contributed by atoms with Crippen LogP contribution in [0.15, 0.2) is 29.3 Å². The Morgan fingerprint density at radius 1 is 1.29 bits per heavy atom. The lowest BCUT2D eigenvalue weighted by atomic mass is 9.89.